The first-order chi connectivity index (χ1) is 6.74. The summed E-state index contributed by atoms with van der Waals surface area (Å²) >= 11 is 0. The van der Waals surface area contributed by atoms with Gasteiger partial charge >= 0.3 is 35.0 Å². The fourth-order valence-electron chi connectivity index (χ4n) is 1.32. The van der Waals surface area contributed by atoms with Crippen molar-refractivity contribution in [3.63, 3.8) is 0 Å². The molecule has 0 aliphatic heterocycles. The second-order valence-corrected chi connectivity index (χ2v) is 5.61. The van der Waals surface area contributed by atoms with Crippen LogP contribution in [0.15, 0.2) is 0 Å². The van der Waals surface area contributed by atoms with E-state index in [1.54, 1.807) is 0 Å². The van der Waals surface area contributed by atoms with E-state index in [0.29, 0.717) is 26.4 Å². The molecule has 94 valence electrons. The van der Waals surface area contributed by atoms with Crippen LogP contribution in [-0.4, -0.2) is 35.2 Å². The van der Waals surface area contributed by atoms with Crippen molar-refractivity contribution in [2.24, 2.45) is 5.73 Å². The number of nitrogens with two attached hydrogens (primary N) is 1. The van der Waals surface area contributed by atoms with Crippen LogP contribution >= 0.6 is 0 Å². The predicted molar refractivity (Wildman–Crippen MR) is 60.5 cm³/mol. The van der Waals surface area contributed by atoms with Crippen LogP contribution < -0.4 is 5.73 Å². The molecule has 0 aliphatic rings. The van der Waals surface area contributed by atoms with Crippen LogP contribution in [0.5, 0.6) is 0 Å². The summed E-state index contributed by atoms with van der Waals surface area (Å²) in [7, 11) is -2.40. The van der Waals surface area contributed by atoms with Gasteiger partial charge in [-0.3, -0.25) is 0 Å². The van der Waals surface area contributed by atoms with E-state index in [-0.39, 0.29) is 26.2 Å². The molecule has 0 radical (unpaired) electrons. The third-order valence-corrected chi connectivity index (χ3v) is 4.93. The summed E-state index contributed by atoms with van der Waals surface area (Å²) in [6.07, 6.45) is 0.895. The van der Waals surface area contributed by atoms with Gasteiger partial charge in [-0.15, -0.1) is 0 Å². The summed E-state index contributed by atoms with van der Waals surface area (Å²) < 4.78 is 17.0. The van der Waals surface area contributed by atoms with Gasteiger partial charge in [0.05, 0.1) is 0 Å². The van der Waals surface area contributed by atoms with Crippen molar-refractivity contribution >= 4 is 8.80 Å². The van der Waals surface area contributed by atoms with E-state index in [9.17, 15) is 0 Å². The Morgan fingerprint density at radius 2 is 1.33 bits per heavy atom. The van der Waals surface area contributed by atoms with Crippen molar-refractivity contribution < 1.29 is 39.5 Å². The molecule has 0 aromatic carbocycles. The molecule has 0 saturated heterocycles. The van der Waals surface area contributed by atoms with Crippen LogP contribution in [0, 0.1) is 26.2 Å². The van der Waals surface area contributed by atoms with E-state index in [2.05, 4.69) is 0 Å². The quantitative estimate of drug-likeness (QED) is 0.555. The first kappa shape index (κ1) is 18.3. The van der Waals surface area contributed by atoms with Crippen LogP contribution in [0.2, 0.25) is 6.04 Å². The van der Waals surface area contributed by atoms with Crippen molar-refractivity contribution in [1.82, 2.24) is 0 Å². The van der Waals surface area contributed by atoms with Gasteiger partial charge in [0.25, 0.3) is 0 Å². The number of hydrogen-bond donors (Lipinski definition) is 1. The van der Waals surface area contributed by atoms with Crippen molar-refractivity contribution in [2.45, 2.75) is 33.2 Å². The van der Waals surface area contributed by atoms with Crippen molar-refractivity contribution in [3.8, 4) is 0 Å². The Labute approximate surface area is 113 Å². The topological polar surface area (TPSA) is 53.7 Å². The maximum atomic E-state index is 5.65. The zero-order chi connectivity index (χ0) is 10.9. The molecule has 0 heterocycles. The van der Waals surface area contributed by atoms with Crippen LogP contribution in [0.3, 0.4) is 0 Å². The zero-order valence-electron chi connectivity index (χ0n) is 9.95. The molecule has 15 heavy (non-hydrogen) atoms. The Morgan fingerprint density at radius 3 is 1.60 bits per heavy atom. The average Bonchev–Trinajstić information content (AvgIpc) is 2.16. The minimum absolute atomic E-state index is 0. The Bertz CT molecular complexity index is 124. The van der Waals surface area contributed by atoms with Gasteiger partial charge in [0.2, 0.25) is 0 Å². The molecule has 0 atom stereocenters. The van der Waals surface area contributed by atoms with Gasteiger partial charge in [0.15, 0.2) is 0 Å². The van der Waals surface area contributed by atoms with Crippen LogP contribution in [0.4, 0.5) is 0 Å². The Morgan fingerprint density at radius 1 is 0.933 bits per heavy atom. The van der Waals surface area contributed by atoms with Gasteiger partial charge in [0.1, 0.15) is 0 Å². The Kier molecular flexibility index (Phi) is 13.9. The molecule has 0 amide bonds. The first-order valence-corrected chi connectivity index (χ1v) is 7.29. The minimum atomic E-state index is -2.40. The monoisotopic (exact) mass is 432 g/mol. The molecule has 6 heteroatoms. The molecule has 0 rings (SSSR count). The average molecular weight is 432 g/mol. The Balaban J connectivity index is 0. The molecule has 0 spiro atoms. The summed E-state index contributed by atoms with van der Waals surface area (Å²) in [6, 6.07) is 0.818. The van der Waals surface area contributed by atoms with E-state index in [0.717, 1.165) is 12.5 Å². The van der Waals surface area contributed by atoms with Crippen molar-refractivity contribution in [2.75, 3.05) is 26.4 Å². The van der Waals surface area contributed by atoms with Crippen LogP contribution in [-0.2, 0) is 13.3 Å². The number of rotatable bonds is 9. The predicted octanol–water partition coefficient (Wildman–Crippen LogP) is 1.12. The van der Waals surface area contributed by atoms with E-state index < -0.39 is 8.80 Å². The molecule has 0 bridgehead atoms. The molecule has 0 fully saturated rings. The third-order valence-electron chi connectivity index (χ3n) is 1.78. The van der Waals surface area contributed by atoms with Gasteiger partial charge in [-0.1, -0.05) is 0 Å². The number of hydrogen-bond acceptors (Lipinski definition) is 4. The fraction of sp³-hybridized carbons (Fsp3) is 1.00. The zero-order valence-corrected chi connectivity index (χ0v) is 14.1. The Hall–Kier alpha value is 0.940. The van der Waals surface area contributed by atoms with E-state index >= 15 is 0 Å². The van der Waals surface area contributed by atoms with Gasteiger partial charge in [-0.25, -0.2) is 0 Å². The molecule has 4 nitrogen and oxygen atoms in total. The molecule has 0 aromatic heterocycles. The fourth-order valence-corrected chi connectivity index (χ4v) is 3.96. The molecular weight excluding hydrogens is 408 g/mol. The molecule has 0 saturated carbocycles. The second-order valence-electron chi connectivity index (χ2n) is 2.87. The van der Waals surface area contributed by atoms with Crippen molar-refractivity contribution in [3.05, 3.63) is 0 Å². The maximum absolute atomic E-state index is 5.65. The van der Waals surface area contributed by atoms with Gasteiger partial charge in [-0.05, 0) is 33.7 Å². The van der Waals surface area contributed by atoms with E-state index in [4.69, 9.17) is 19.0 Å². The second kappa shape index (κ2) is 11.4. The molecule has 2 N–H and O–H groups in total. The van der Waals surface area contributed by atoms with E-state index in [1.807, 2.05) is 20.8 Å². The molecule has 0 aromatic rings. The van der Waals surface area contributed by atoms with Crippen LogP contribution in [0.25, 0.3) is 0 Å². The van der Waals surface area contributed by atoms with E-state index in [1.165, 1.54) is 0 Å². The summed E-state index contributed by atoms with van der Waals surface area (Å²) in [5.41, 5.74) is 5.48. The standard InChI is InChI=1S/C9H23NO3Si.AtH/c1-4-11-14(12-5-2,13-6-3)9-7-8-10;/h4-10H2,1-3H3;1H. The summed E-state index contributed by atoms with van der Waals surface area (Å²) in [5.74, 6) is 0. The third kappa shape index (κ3) is 7.77. The van der Waals surface area contributed by atoms with Crippen LogP contribution in [0.1, 0.15) is 27.2 Å². The SMILES string of the molecule is CCO[Si](CCCN)(OCC)OCC.[AtH]. The summed E-state index contributed by atoms with van der Waals surface area (Å²) in [5, 5.41) is 0. The summed E-state index contributed by atoms with van der Waals surface area (Å²) in [4.78, 5) is 0. The van der Waals surface area contributed by atoms with Gasteiger partial charge in [-0.2, -0.15) is 0 Å². The van der Waals surface area contributed by atoms with Gasteiger partial charge < -0.3 is 19.0 Å². The van der Waals surface area contributed by atoms with Gasteiger partial charge in [0, 0.05) is 25.9 Å². The first-order valence-electron chi connectivity index (χ1n) is 5.36. The molecular formula is C9H24AtNO3Si. The van der Waals surface area contributed by atoms with Crippen molar-refractivity contribution in [1.29, 1.82) is 0 Å². The molecule has 0 unspecified atom stereocenters. The molecule has 0 aliphatic carbocycles. The normalized spacial score (nSPS) is 11.2. The summed E-state index contributed by atoms with van der Waals surface area (Å²) in [6.45, 7) is 8.44.